The van der Waals surface area contributed by atoms with E-state index in [0.29, 0.717) is 13.2 Å². The van der Waals surface area contributed by atoms with Gasteiger partial charge in [-0.15, -0.1) is 0 Å². The van der Waals surface area contributed by atoms with Crippen molar-refractivity contribution in [2.75, 3.05) is 13.2 Å². The average Bonchev–Trinajstić information content (AvgIpc) is 2.50. The molecule has 3 aliphatic carbocycles. The molecule has 1 fully saturated rings. The second kappa shape index (κ2) is 6.91. The fourth-order valence-electron chi connectivity index (χ4n) is 3.23. The second-order valence-electron chi connectivity index (χ2n) is 5.68. The van der Waals surface area contributed by atoms with Gasteiger partial charge in [0.25, 0.3) is 0 Å². The first-order valence-electron chi connectivity index (χ1n) is 7.70. The summed E-state index contributed by atoms with van der Waals surface area (Å²) < 4.78 is 10.6. The molecule has 0 aliphatic heterocycles. The van der Waals surface area contributed by atoms with Gasteiger partial charge in [0, 0.05) is 0 Å². The molecule has 2 bridgehead atoms. The van der Waals surface area contributed by atoms with E-state index >= 15 is 0 Å². The van der Waals surface area contributed by atoms with Crippen molar-refractivity contribution < 1.29 is 19.1 Å². The molecule has 20 heavy (non-hydrogen) atoms. The summed E-state index contributed by atoms with van der Waals surface area (Å²) in [4.78, 5) is 24.5. The number of carbonyl (C=O) groups excluding carboxylic acids is 2. The maximum atomic E-state index is 12.3. The zero-order valence-electron chi connectivity index (χ0n) is 12.3. The number of ether oxygens (including phenoxy) is 2. The van der Waals surface area contributed by atoms with Crippen molar-refractivity contribution in [1.29, 1.82) is 0 Å². The van der Waals surface area contributed by atoms with Gasteiger partial charge in [-0.25, -0.2) is 0 Å². The topological polar surface area (TPSA) is 52.6 Å². The summed E-state index contributed by atoms with van der Waals surface area (Å²) in [6, 6.07) is 0. The van der Waals surface area contributed by atoms with Crippen LogP contribution in [0.25, 0.3) is 0 Å². The van der Waals surface area contributed by atoms with Crippen LogP contribution in [0, 0.1) is 23.7 Å². The predicted molar refractivity (Wildman–Crippen MR) is 74.8 cm³/mol. The molecule has 4 unspecified atom stereocenters. The molecule has 0 radical (unpaired) electrons. The van der Waals surface area contributed by atoms with E-state index < -0.39 is 0 Å². The van der Waals surface area contributed by atoms with Gasteiger partial charge in [0.15, 0.2) is 0 Å². The van der Waals surface area contributed by atoms with Gasteiger partial charge in [0.2, 0.25) is 0 Å². The Morgan fingerprint density at radius 1 is 0.900 bits per heavy atom. The molecule has 0 N–H and O–H groups in total. The van der Waals surface area contributed by atoms with Crippen molar-refractivity contribution in [1.82, 2.24) is 0 Å². The van der Waals surface area contributed by atoms with Gasteiger partial charge in [0.05, 0.1) is 25.0 Å². The van der Waals surface area contributed by atoms with E-state index in [-0.39, 0.29) is 35.6 Å². The van der Waals surface area contributed by atoms with Gasteiger partial charge in [-0.05, 0) is 37.5 Å². The van der Waals surface area contributed by atoms with Gasteiger partial charge in [0.1, 0.15) is 0 Å². The molecule has 0 heterocycles. The Morgan fingerprint density at radius 2 is 1.30 bits per heavy atom. The highest BCUT2D eigenvalue weighted by atomic mass is 16.5. The van der Waals surface area contributed by atoms with Crippen LogP contribution >= 0.6 is 0 Å². The second-order valence-corrected chi connectivity index (χ2v) is 5.68. The number of hydrogen-bond donors (Lipinski definition) is 0. The molecule has 0 saturated heterocycles. The minimum absolute atomic E-state index is 0.128. The standard InChI is InChI=1S/C16H24O4/c1-3-9-19-15(17)13-11-5-7-12(8-6-11)14(13)16(18)20-10-4-2/h5,7,11-14H,3-4,6,8-10H2,1-2H3. The lowest BCUT2D eigenvalue weighted by molar-refractivity contribution is -0.167. The van der Waals surface area contributed by atoms with Crippen LogP contribution in [-0.2, 0) is 19.1 Å². The quantitative estimate of drug-likeness (QED) is 0.554. The van der Waals surface area contributed by atoms with Gasteiger partial charge >= 0.3 is 11.9 Å². The van der Waals surface area contributed by atoms with E-state index in [9.17, 15) is 9.59 Å². The summed E-state index contributed by atoms with van der Waals surface area (Å²) in [6.07, 6.45) is 7.68. The molecule has 1 saturated carbocycles. The van der Waals surface area contributed by atoms with Crippen LogP contribution in [0.1, 0.15) is 39.5 Å². The SMILES string of the molecule is CCCOC(=O)C1C2C=CC(CC2)C1C(=O)OCCC. The smallest absolute Gasteiger partial charge is 0.310 e. The van der Waals surface area contributed by atoms with E-state index in [1.165, 1.54) is 0 Å². The lowest BCUT2D eigenvalue weighted by Crippen LogP contribution is -2.46. The molecule has 0 spiro atoms. The fraction of sp³-hybridized carbons (Fsp3) is 0.750. The third kappa shape index (κ3) is 3.05. The van der Waals surface area contributed by atoms with E-state index in [2.05, 4.69) is 12.2 Å². The first-order valence-corrected chi connectivity index (χ1v) is 7.70. The van der Waals surface area contributed by atoms with Crippen molar-refractivity contribution in [3.8, 4) is 0 Å². The number of allylic oxidation sites excluding steroid dienone is 2. The molecule has 4 heteroatoms. The maximum absolute atomic E-state index is 12.3. The minimum atomic E-state index is -0.352. The molecular formula is C16H24O4. The normalized spacial score (nSPS) is 31.1. The van der Waals surface area contributed by atoms with Crippen molar-refractivity contribution in [2.45, 2.75) is 39.5 Å². The largest absolute Gasteiger partial charge is 0.465 e. The summed E-state index contributed by atoms with van der Waals surface area (Å²) in [5, 5.41) is 0. The molecule has 3 rings (SSSR count). The van der Waals surface area contributed by atoms with E-state index in [1.54, 1.807) is 0 Å². The van der Waals surface area contributed by atoms with Crippen LogP contribution in [0.2, 0.25) is 0 Å². The highest BCUT2D eigenvalue weighted by Gasteiger charge is 2.49. The van der Waals surface area contributed by atoms with Crippen LogP contribution < -0.4 is 0 Å². The zero-order valence-corrected chi connectivity index (χ0v) is 12.3. The molecule has 0 aromatic rings. The van der Waals surface area contributed by atoms with Gasteiger partial charge < -0.3 is 9.47 Å². The Bertz CT molecular complexity index is 352. The highest BCUT2D eigenvalue weighted by molar-refractivity contribution is 5.83. The molecule has 4 nitrogen and oxygen atoms in total. The number of esters is 2. The summed E-state index contributed by atoms with van der Waals surface area (Å²) in [7, 11) is 0. The molecule has 4 atom stereocenters. The van der Waals surface area contributed by atoms with E-state index in [1.807, 2.05) is 13.8 Å². The lowest BCUT2D eigenvalue weighted by atomic mass is 9.62. The van der Waals surface area contributed by atoms with Crippen molar-refractivity contribution >= 4 is 11.9 Å². The van der Waals surface area contributed by atoms with Crippen molar-refractivity contribution in [3.05, 3.63) is 12.2 Å². The number of carbonyl (C=O) groups is 2. The highest BCUT2D eigenvalue weighted by Crippen LogP contribution is 2.45. The monoisotopic (exact) mass is 280 g/mol. The first-order chi connectivity index (χ1) is 9.69. The lowest BCUT2D eigenvalue weighted by Gasteiger charge is -2.42. The Labute approximate surface area is 120 Å². The summed E-state index contributed by atoms with van der Waals surface area (Å²) in [5.74, 6) is -0.912. The predicted octanol–water partition coefficient (Wildman–Crippen LogP) is 2.72. The molecule has 112 valence electrons. The number of fused-ring (bicyclic) bond motifs is 2. The van der Waals surface area contributed by atoms with Gasteiger partial charge in [-0.3, -0.25) is 9.59 Å². The van der Waals surface area contributed by atoms with Crippen LogP contribution in [0.4, 0.5) is 0 Å². The average molecular weight is 280 g/mol. The van der Waals surface area contributed by atoms with E-state index in [4.69, 9.17) is 9.47 Å². The van der Waals surface area contributed by atoms with Crippen molar-refractivity contribution in [3.63, 3.8) is 0 Å². The summed E-state index contributed by atoms with van der Waals surface area (Å²) in [5.41, 5.74) is 0. The van der Waals surface area contributed by atoms with Crippen LogP contribution in [-0.4, -0.2) is 25.2 Å². The van der Waals surface area contributed by atoms with Crippen LogP contribution in [0.5, 0.6) is 0 Å². The number of hydrogen-bond acceptors (Lipinski definition) is 4. The molecule has 0 amide bonds. The molecule has 3 aliphatic rings. The third-order valence-electron chi connectivity index (χ3n) is 4.19. The van der Waals surface area contributed by atoms with Crippen LogP contribution in [0.15, 0.2) is 12.2 Å². The summed E-state index contributed by atoms with van der Waals surface area (Å²) >= 11 is 0. The zero-order chi connectivity index (χ0) is 14.5. The molecular weight excluding hydrogens is 256 g/mol. The Hall–Kier alpha value is -1.32. The Morgan fingerprint density at radius 3 is 1.60 bits per heavy atom. The Balaban J connectivity index is 2.11. The minimum Gasteiger partial charge on any atom is -0.465 e. The van der Waals surface area contributed by atoms with Gasteiger partial charge in [-0.1, -0.05) is 26.0 Å². The summed E-state index contributed by atoms with van der Waals surface area (Å²) in [6.45, 7) is 4.78. The van der Waals surface area contributed by atoms with Crippen LogP contribution in [0.3, 0.4) is 0 Å². The Kier molecular flexibility index (Phi) is 5.21. The number of rotatable bonds is 6. The van der Waals surface area contributed by atoms with E-state index in [0.717, 1.165) is 25.7 Å². The van der Waals surface area contributed by atoms with Crippen molar-refractivity contribution in [2.24, 2.45) is 23.7 Å². The first kappa shape index (κ1) is 15.1. The fourth-order valence-corrected chi connectivity index (χ4v) is 3.23. The molecule has 0 aromatic heterocycles. The third-order valence-corrected chi connectivity index (χ3v) is 4.19. The van der Waals surface area contributed by atoms with Gasteiger partial charge in [-0.2, -0.15) is 0 Å². The molecule has 0 aromatic carbocycles. The maximum Gasteiger partial charge on any atom is 0.310 e.